The van der Waals surface area contributed by atoms with E-state index in [0.29, 0.717) is 10.6 Å². The van der Waals surface area contributed by atoms with E-state index in [1.807, 2.05) is 31.2 Å². The van der Waals surface area contributed by atoms with Crippen LogP contribution in [0.1, 0.15) is 16.7 Å². The third-order valence-corrected chi connectivity index (χ3v) is 5.36. The van der Waals surface area contributed by atoms with Crippen molar-refractivity contribution in [2.24, 2.45) is 0 Å². The van der Waals surface area contributed by atoms with Gasteiger partial charge in [0.05, 0.1) is 5.02 Å². The van der Waals surface area contributed by atoms with Crippen LogP contribution in [0.5, 0.6) is 0 Å². The van der Waals surface area contributed by atoms with Gasteiger partial charge in [-0.1, -0.05) is 53.0 Å². The lowest BCUT2D eigenvalue weighted by atomic mass is 10.2. The number of nitrogens with one attached hydrogen (secondary N) is 1. The molecule has 0 saturated carbocycles. The zero-order valence-electron chi connectivity index (χ0n) is 11.7. The van der Waals surface area contributed by atoms with Crippen molar-refractivity contribution in [1.29, 1.82) is 0 Å². The first-order valence-electron chi connectivity index (χ1n) is 6.30. The minimum Gasteiger partial charge on any atom is -0.207 e. The first kappa shape index (κ1) is 16.3. The molecule has 2 aromatic carbocycles. The quantitative estimate of drug-likeness (QED) is 0.908. The molecule has 6 heteroatoms. The molecule has 2 rings (SSSR count). The molecule has 0 aliphatic rings. The van der Waals surface area contributed by atoms with E-state index in [-0.39, 0.29) is 16.5 Å². The molecule has 112 valence electrons. The molecule has 0 atom stereocenters. The fourth-order valence-electron chi connectivity index (χ4n) is 1.80. The van der Waals surface area contributed by atoms with Crippen LogP contribution in [0.15, 0.2) is 41.3 Å². The zero-order valence-corrected chi connectivity index (χ0v) is 14.0. The van der Waals surface area contributed by atoms with Crippen LogP contribution in [0.3, 0.4) is 0 Å². The predicted octanol–water partition coefficient (Wildman–Crippen LogP) is 4.09. The Balaban J connectivity index is 2.22. The molecule has 0 radical (unpaired) electrons. The van der Waals surface area contributed by atoms with E-state index < -0.39 is 10.0 Å². The Morgan fingerprint density at radius 3 is 2.24 bits per heavy atom. The van der Waals surface area contributed by atoms with Crippen LogP contribution in [0.4, 0.5) is 0 Å². The lowest BCUT2D eigenvalue weighted by Gasteiger charge is -2.10. The summed E-state index contributed by atoms with van der Waals surface area (Å²) in [7, 11) is -3.68. The molecule has 1 N–H and O–H groups in total. The highest BCUT2D eigenvalue weighted by molar-refractivity contribution is 7.89. The molecule has 0 fully saturated rings. The van der Waals surface area contributed by atoms with Crippen LogP contribution in [0, 0.1) is 13.8 Å². The second kappa shape index (κ2) is 6.36. The van der Waals surface area contributed by atoms with Gasteiger partial charge in [0.1, 0.15) is 4.90 Å². The average Bonchev–Trinajstić information content (AvgIpc) is 2.42. The highest BCUT2D eigenvalue weighted by atomic mass is 35.5. The monoisotopic (exact) mass is 343 g/mol. The Labute approximate surface area is 135 Å². The van der Waals surface area contributed by atoms with E-state index in [9.17, 15) is 8.42 Å². The molecule has 0 unspecified atom stereocenters. The Hall–Kier alpha value is -1.07. The van der Waals surface area contributed by atoms with E-state index in [0.717, 1.165) is 11.1 Å². The number of hydrogen-bond acceptors (Lipinski definition) is 2. The van der Waals surface area contributed by atoms with Gasteiger partial charge in [0.25, 0.3) is 0 Å². The first-order valence-corrected chi connectivity index (χ1v) is 8.54. The first-order chi connectivity index (χ1) is 9.79. The van der Waals surface area contributed by atoms with Crippen molar-refractivity contribution >= 4 is 33.2 Å². The van der Waals surface area contributed by atoms with Gasteiger partial charge in [-0.25, -0.2) is 13.1 Å². The van der Waals surface area contributed by atoms with Gasteiger partial charge in [0.15, 0.2) is 0 Å². The summed E-state index contributed by atoms with van der Waals surface area (Å²) in [5.41, 5.74) is 2.67. The Morgan fingerprint density at radius 2 is 1.62 bits per heavy atom. The van der Waals surface area contributed by atoms with Crippen molar-refractivity contribution in [1.82, 2.24) is 4.72 Å². The predicted molar refractivity (Wildman–Crippen MR) is 86.4 cm³/mol. The van der Waals surface area contributed by atoms with Gasteiger partial charge in [-0.3, -0.25) is 0 Å². The number of hydrogen-bond donors (Lipinski definition) is 1. The van der Waals surface area contributed by atoms with Crippen LogP contribution >= 0.6 is 23.2 Å². The van der Waals surface area contributed by atoms with Crippen LogP contribution < -0.4 is 4.72 Å². The van der Waals surface area contributed by atoms with Crippen molar-refractivity contribution in [3.63, 3.8) is 0 Å². The van der Waals surface area contributed by atoms with Gasteiger partial charge in [0.2, 0.25) is 10.0 Å². The molecule has 0 amide bonds. The van der Waals surface area contributed by atoms with Gasteiger partial charge in [-0.05, 0) is 37.1 Å². The molecule has 0 aromatic heterocycles. The maximum atomic E-state index is 12.3. The van der Waals surface area contributed by atoms with Crippen molar-refractivity contribution in [2.75, 3.05) is 0 Å². The highest BCUT2D eigenvalue weighted by Gasteiger charge is 2.19. The Bertz CT molecular complexity index is 756. The summed E-state index contributed by atoms with van der Waals surface area (Å²) in [4.78, 5) is 0.0400. The van der Waals surface area contributed by atoms with Crippen LogP contribution in [-0.2, 0) is 16.6 Å². The number of sulfonamides is 1. The number of rotatable bonds is 4. The molecule has 0 spiro atoms. The minimum atomic E-state index is -3.68. The molecule has 0 aliphatic heterocycles. The van der Waals surface area contributed by atoms with Gasteiger partial charge in [0, 0.05) is 11.6 Å². The summed E-state index contributed by atoms with van der Waals surface area (Å²) in [5, 5.41) is 0.555. The van der Waals surface area contributed by atoms with Crippen molar-refractivity contribution in [2.45, 2.75) is 25.3 Å². The minimum absolute atomic E-state index is 0.0400. The number of benzene rings is 2. The summed E-state index contributed by atoms with van der Waals surface area (Å²) in [6, 6.07) is 10.5. The van der Waals surface area contributed by atoms with Crippen LogP contribution in [-0.4, -0.2) is 8.42 Å². The van der Waals surface area contributed by atoms with E-state index in [4.69, 9.17) is 23.2 Å². The fraction of sp³-hybridized carbons (Fsp3) is 0.200. The number of aryl methyl sites for hydroxylation is 2. The molecule has 0 aliphatic carbocycles. The second-order valence-corrected chi connectivity index (χ2v) is 7.39. The number of halogens is 2. The zero-order chi connectivity index (χ0) is 15.6. The standard InChI is InChI=1S/C15H15Cl2NO2S/c1-10-3-5-12(6-4-10)9-18-21(19,20)15-7-11(2)13(16)8-14(15)17/h3-8,18H,9H2,1-2H3. The maximum absolute atomic E-state index is 12.3. The molecular weight excluding hydrogens is 329 g/mol. The van der Waals surface area contributed by atoms with Gasteiger partial charge >= 0.3 is 0 Å². The SMILES string of the molecule is Cc1ccc(CNS(=O)(=O)c2cc(C)c(Cl)cc2Cl)cc1. The summed E-state index contributed by atoms with van der Waals surface area (Å²) in [6.45, 7) is 3.92. The maximum Gasteiger partial charge on any atom is 0.242 e. The fourth-order valence-corrected chi connectivity index (χ4v) is 3.65. The van der Waals surface area contributed by atoms with Crippen LogP contribution in [0.2, 0.25) is 10.0 Å². The Morgan fingerprint density at radius 1 is 1.00 bits per heavy atom. The van der Waals surface area contributed by atoms with E-state index >= 15 is 0 Å². The third kappa shape index (κ3) is 3.98. The smallest absolute Gasteiger partial charge is 0.207 e. The lowest BCUT2D eigenvalue weighted by Crippen LogP contribution is -2.23. The highest BCUT2D eigenvalue weighted by Crippen LogP contribution is 2.28. The average molecular weight is 344 g/mol. The lowest BCUT2D eigenvalue weighted by molar-refractivity contribution is 0.581. The molecule has 21 heavy (non-hydrogen) atoms. The second-order valence-electron chi connectivity index (χ2n) is 4.84. The van der Waals surface area contributed by atoms with E-state index in [2.05, 4.69) is 4.72 Å². The molecule has 2 aromatic rings. The molecular formula is C15H15Cl2NO2S. The van der Waals surface area contributed by atoms with E-state index in [1.54, 1.807) is 6.92 Å². The largest absolute Gasteiger partial charge is 0.242 e. The summed E-state index contributed by atoms with van der Waals surface area (Å²) >= 11 is 11.9. The summed E-state index contributed by atoms with van der Waals surface area (Å²) < 4.78 is 27.2. The molecule has 0 saturated heterocycles. The van der Waals surface area contributed by atoms with Crippen molar-refractivity contribution < 1.29 is 8.42 Å². The molecule has 3 nitrogen and oxygen atoms in total. The van der Waals surface area contributed by atoms with Crippen LogP contribution in [0.25, 0.3) is 0 Å². The van der Waals surface area contributed by atoms with E-state index in [1.165, 1.54) is 12.1 Å². The van der Waals surface area contributed by atoms with Gasteiger partial charge < -0.3 is 0 Å². The summed E-state index contributed by atoms with van der Waals surface area (Å²) in [5.74, 6) is 0. The summed E-state index contributed by atoms with van der Waals surface area (Å²) in [6.07, 6.45) is 0. The molecule has 0 heterocycles. The normalized spacial score (nSPS) is 11.6. The molecule has 0 bridgehead atoms. The van der Waals surface area contributed by atoms with Crippen molar-refractivity contribution in [3.8, 4) is 0 Å². The Kier molecular flexibility index (Phi) is 4.94. The third-order valence-electron chi connectivity index (χ3n) is 3.09. The van der Waals surface area contributed by atoms with Crippen molar-refractivity contribution in [3.05, 3.63) is 63.1 Å². The topological polar surface area (TPSA) is 46.2 Å². The van der Waals surface area contributed by atoms with Gasteiger partial charge in [-0.15, -0.1) is 0 Å². The van der Waals surface area contributed by atoms with Gasteiger partial charge in [-0.2, -0.15) is 0 Å².